The third kappa shape index (κ3) is 5.17. The summed E-state index contributed by atoms with van der Waals surface area (Å²) >= 11 is 0. The first kappa shape index (κ1) is 18.6. The Bertz CT molecular complexity index is 891. The van der Waals surface area contributed by atoms with Crippen LogP contribution in [-0.4, -0.2) is 29.5 Å². The second kappa shape index (κ2) is 8.98. The van der Waals surface area contributed by atoms with Crippen LogP contribution in [0.2, 0.25) is 0 Å². The molecule has 3 rings (SSSR count). The number of carbonyl (C=O) groups excluding carboxylic acids is 1. The lowest BCUT2D eigenvalue weighted by Gasteiger charge is -2.04. The molecule has 1 amide bonds. The molecule has 6 heteroatoms. The zero-order valence-corrected chi connectivity index (χ0v) is 15.6. The van der Waals surface area contributed by atoms with Crippen molar-refractivity contribution in [2.45, 2.75) is 26.2 Å². The number of carbonyl (C=O) groups is 1. The normalized spacial score (nSPS) is 10.6. The summed E-state index contributed by atoms with van der Waals surface area (Å²) in [4.78, 5) is 20.8. The van der Waals surface area contributed by atoms with Crippen LogP contribution in [0.15, 0.2) is 53.2 Å². The van der Waals surface area contributed by atoms with E-state index in [1.165, 1.54) is 5.56 Å². The summed E-state index contributed by atoms with van der Waals surface area (Å²) < 4.78 is 11.0. The van der Waals surface area contributed by atoms with Gasteiger partial charge in [0.05, 0.1) is 19.2 Å². The van der Waals surface area contributed by atoms with Crippen molar-refractivity contribution in [1.82, 2.24) is 15.3 Å². The van der Waals surface area contributed by atoms with Gasteiger partial charge in [-0.2, -0.15) is 0 Å². The summed E-state index contributed by atoms with van der Waals surface area (Å²) in [5.41, 5.74) is 2.64. The van der Waals surface area contributed by atoms with Gasteiger partial charge in [0, 0.05) is 24.5 Å². The molecule has 2 aromatic heterocycles. The fraction of sp³-hybridized carbons (Fsp3) is 0.286. The number of pyridine rings is 1. The van der Waals surface area contributed by atoms with Gasteiger partial charge >= 0.3 is 0 Å². The van der Waals surface area contributed by atoms with Gasteiger partial charge in [0.25, 0.3) is 0 Å². The van der Waals surface area contributed by atoms with Crippen molar-refractivity contribution in [2.24, 2.45) is 0 Å². The minimum absolute atomic E-state index is 0.0604. The molecular formula is C21H23N3O3. The number of nitrogens with one attached hydrogen (secondary N) is 1. The standard InChI is InChI=1S/C21H23N3O3/c1-15-19(24-21(27-15)17-8-3-9-18(12-17)26-2)13-20(25)23-11-5-7-16-6-4-10-22-14-16/h3-4,6,8-10,12,14H,5,7,11,13H2,1-2H3,(H,23,25). The number of hydrogen-bond donors (Lipinski definition) is 1. The van der Waals surface area contributed by atoms with Gasteiger partial charge in [-0.25, -0.2) is 4.98 Å². The van der Waals surface area contributed by atoms with E-state index in [-0.39, 0.29) is 12.3 Å². The molecule has 1 aromatic carbocycles. The number of methoxy groups -OCH3 is 1. The highest BCUT2D eigenvalue weighted by Gasteiger charge is 2.15. The monoisotopic (exact) mass is 365 g/mol. The maximum absolute atomic E-state index is 12.2. The number of hydrogen-bond acceptors (Lipinski definition) is 5. The predicted octanol–water partition coefficient (Wildman–Crippen LogP) is 3.35. The Balaban J connectivity index is 1.52. The molecule has 6 nitrogen and oxygen atoms in total. The van der Waals surface area contributed by atoms with Gasteiger partial charge in [0.15, 0.2) is 0 Å². The minimum Gasteiger partial charge on any atom is -0.497 e. The second-order valence-electron chi connectivity index (χ2n) is 6.25. The van der Waals surface area contributed by atoms with Gasteiger partial charge in [-0.1, -0.05) is 12.1 Å². The molecule has 0 saturated heterocycles. The van der Waals surface area contributed by atoms with Crippen molar-refractivity contribution in [2.75, 3.05) is 13.7 Å². The SMILES string of the molecule is COc1cccc(-c2nc(CC(=O)NCCCc3cccnc3)c(C)o2)c1. The number of rotatable bonds is 8. The number of ether oxygens (including phenoxy) is 1. The lowest BCUT2D eigenvalue weighted by Crippen LogP contribution is -2.26. The largest absolute Gasteiger partial charge is 0.497 e. The highest BCUT2D eigenvalue weighted by molar-refractivity contribution is 5.78. The van der Waals surface area contributed by atoms with Crippen LogP contribution >= 0.6 is 0 Å². The molecule has 0 aliphatic rings. The summed E-state index contributed by atoms with van der Waals surface area (Å²) in [7, 11) is 1.62. The summed E-state index contributed by atoms with van der Waals surface area (Å²) in [6, 6.07) is 11.4. The zero-order valence-electron chi connectivity index (χ0n) is 15.6. The molecule has 0 fully saturated rings. The van der Waals surface area contributed by atoms with Gasteiger partial charge in [0.2, 0.25) is 11.8 Å². The Morgan fingerprint density at radius 1 is 1.26 bits per heavy atom. The molecular weight excluding hydrogens is 342 g/mol. The number of benzene rings is 1. The topological polar surface area (TPSA) is 77.2 Å². The second-order valence-corrected chi connectivity index (χ2v) is 6.25. The van der Waals surface area contributed by atoms with E-state index in [9.17, 15) is 4.79 Å². The summed E-state index contributed by atoms with van der Waals surface area (Å²) in [5.74, 6) is 1.81. The Kier molecular flexibility index (Phi) is 6.20. The van der Waals surface area contributed by atoms with Gasteiger partial charge in [-0.3, -0.25) is 9.78 Å². The van der Waals surface area contributed by atoms with Gasteiger partial charge in [0.1, 0.15) is 11.5 Å². The average Bonchev–Trinajstić information content (AvgIpc) is 3.06. The Morgan fingerprint density at radius 3 is 2.93 bits per heavy atom. The fourth-order valence-corrected chi connectivity index (χ4v) is 2.75. The van der Waals surface area contributed by atoms with E-state index < -0.39 is 0 Å². The molecule has 0 aliphatic heterocycles. The average molecular weight is 365 g/mol. The molecule has 27 heavy (non-hydrogen) atoms. The maximum Gasteiger partial charge on any atom is 0.226 e. The third-order valence-electron chi connectivity index (χ3n) is 4.22. The Labute approximate surface area is 158 Å². The quantitative estimate of drug-likeness (QED) is 0.620. The van der Waals surface area contributed by atoms with Crippen LogP contribution in [0, 0.1) is 6.92 Å². The molecule has 140 valence electrons. The minimum atomic E-state index is -0.0604. The molecule has 1 N–H and O–H groups in total. The van der Waals surface area contributed by atoms with E-state index in [0.29, 0.717) is 23.9 Å². The molecule has 0 spiro atoms. The van der Waals surface area contributed by atoms with Crippen molar-refractivity contribution in [3.8, 4) is 17.2 Å². The summed E-state index contributed by atoms with van der Waals surface area (Å²) in [5, 5.41) is 2.93. The van der Waals surface area contributed by atoms with Crippen LogP contribution in [0.25, 0.3) is 11.5 Å². The smallest absolute Gasteiger partial charge is 0.226 e. The van der Waals surface area contributed by atoms with Crippen molar-refractivity contribution < 1.29 is 13.9 Å². The van der Waals surface area contributed by atoms with Crippen molar-refractivity contribution in [3.63, 3.8) is 0 Å². The molecule has 0 bridgehead atoms. The molecule has 0 aliphatic carbocycles. The van der Waals surface area contributed by atoms with E-state index >= 15 is 0 Å². The molecule has 0 unspecified atom stereocenters. The predicted molar refractivity (Wildman–Crippen MR) is 102 cm³/mol. The molecule has 2 heterocycles. The Morgan fingerprint density at radius 2 is 2.15 bits per heavy atom. The van der Waals surface area contributed by atoms with Crippen LogP contribution in [0.3, 0.4) is 0 Å². The van der Waals surface area contributed by atoms with Crippen LogP contribution in [-0.2, 0) is 17.6 Å². The summed E-state index contributed by atoms with van der Waals surface area (Å²) in [6.07, 6.45) is 5.56. The first-order chi connectivity index (χ1) is 13.2. The fourth-order valence-electron chi connectivity index (χ4n) is 2.75. The van der Waals surface area contributed by atoms with Crippen molar-refractivity contribution in [1.29, 1.82) is 0 Å². The lowest BCUT2D eigenvalue weighted by molar-refractivity contribution is -0.120. The number of aryl methyl sites for hydroxylation is 2. The Hall–Kier alpha value is -3.15. The van der Waals surface area contributed by atoms with E-state index in [0.717, 1.165) is 24.2 Å². The number of aromatic nitrogens is 2. The molecule has 3 aromatic rings. The van der Waals surface area contributed by atoms with E-state index in [1.807, 2.05) is 49.5 Å². The van der Waals surface area contributed by atoms with E-state index in [2.05, 4.69) is 15.3 Å². The van der Waals surface area contributed by atoms with Crippen molar-refractivity contribution >= 4 is 5.91 Å². The van der Waals surface area contributed by atoms with Crippen molar-refractivity contribution in [3.05, 3.63) is 65.8 Å². The molecule has 0 atom stereocenters. The molecule has 0 radical (unpaired) electrons. The molecule has 0 saturated carbocycles. The van der Waals surface area contributed by atoms with Crippen LogP contribution in [0.4, 0.5) is 0 Å². The van der Waals surface area contributed by atoms with Crippen LogP contribution in [0.1, 0.15) is 23.4 Å². The highest BCUT2D eigenvalue weighted by atomic mass is 16.5. The van der Waals surface area contributed by atoms with Gasteiger partial charge in [-0.05, 0) is 49.6 Å². The number of oxazole rings is 1. The van der Waals surface area contributed by atoms with Gasteiger partial charge in [-0.15, -0.1) is 0 Å². The number of nitrogens with zero attached hydrogens (tertiary/aromatic N) is 2. The highest BCUT2D eigenvalue weighted by Crippen LogP contribution is 2.25. The lowest BCUT2D eigenvalue weighted by atomic mass is 10.1. The van der Waals surface area contributed by atoms with E-state index in [1.54, 1.807) is 13.3 Å². The zero-order chi connectivity index (χ0) is 19.1. The van der Waals surface area contributed by atoms with Gasteiger partial charge < -0.3 is 14.5 Å². The van der Waals surface area contributed by atoms with E-state index in [4.69, 9.17) is 9.15 Å². The first-order valence-corrected chi connectivity index (χ1v) is 8.92. The summed E-state index contributed by atoms with van der Waals surface area (Å²) in [6.45, 7) is 2.44. The van der Waals surface area contributed by atoms with Crippen LogP contribution in [0.5, 0.6) is 5.75 Å². The van der Waals surface area contributed by atoms with Crippen LogP contribution < -0.4 is 10.1 Å². The third-order valence-corrected chi connectivity index (χ3v) is 4.22. The first-order valence-electron chi connectivity index (χ1n) is 8.92. The number of amides is 1. The maximum atomic E-state index is 12.2.